The van der Waals surface area contributed by atoms with Gasteiger partial charge in [0.2, 0.25) is 6.79 Å². The van der Waals surface area contributed by atoms with E-state index in [-0.39, 0.29) is 18.3 Å². The predicted molar refractivity (Wildman–Crippen MR) is 82.6 cm³/mol. The number of rotatable bonds is 5. The number of hydrogen-bond acceptors (Lipinski definition) is 5. The maximum atomic E-state index is 13.5. The zero-order chi connectivity index (χ0) is 16.2. The number of ether oxygens (including phenoxy) is 3. The third kappa shape index (κ3) is 3.26. The highest BCUT2D eigenvalue weighted by molar-refractivity contribution is 6.05. The Hall–Kier alpha value is -3.02. The van der Waals surface area contributed by atoms with Crippen molar-refractivity contribution in [2.75, 3.05) is 19.2 Å². The lowest BCUT2D eigenvalue weighted by Crippen LogP contribution is -1.97. The molecule has 118 valence electrons. The standard InChI is InChI=1S/C17H14FNO4/c1-21-15-5-3-12(9-13(15)18)19-7-6-14(20)11-2-4-16-17(8-11)23-10-22-16/h2-9,19H,10H2,1H3/b7-6+. The Bertz CT molecular complexity index is 773. The zero-order valence-corrected chi connectivity index (χ0v) is 12.3. The third-order valence-electron chi connectivity index (χ3n) is 3.29. The summed E-state index contributed by atoms with van der Waals surface area (Å²) in [6.07, 6.45) is 2.81. The van der Waals surface area contributed by atoms with E-state index in [9.17, 15) is 9.18 Å². The fourth-order valence-electron chi connectivity index (χ4n) is 2.12. The first-order valence-electron chi connectivity index (χ1n) is 6.88. The molecular formula is C17H14FNO4. The van der Waals surface area contributed by atoms with Gasteiger partial charge in [0, 0.05) is 29.6 Å². The number of carbonyl (C=O) groups excluding carboxylic acids is 1. The molecule has 23 heavy (non-hydrogen) atoms. The maximum Gasteiger partial charge on any atom is 0.231 e. The Kier molecular flexibility index (Phi) is 4.14. The highest BCUT2D eigenvalue weighted by atomic mass is 19.1. The molecule has 0 saturated heterocycles. The van der Waals surface area contributed by atoms with Gasteiger partial charge in [-0.3, -0.25) is 4.79 Å². The zero-order valence-electron chi connectivity index (χ0n) is 12.3. The summed E-state index contributed by atoms with van der Waals surface area (Å²) in [5.74, 6) is 0.653. The number of ketones is 1. The Labute approximate surface area is 132 Å². The monoisotopic (exact) mass is 315 g/mol. The molecule has 0 fully saturated rings. The molecule has 0 amide bonds. The molecule has 0 aromatic heterocycles. The number of fused-ring (bicyclic) bond motifs is 1. The lowest BCUT2D eigenvalue weighted by molar-refractivity contribution is 0.104. The summed E-state index contributed by atoms with van der Waals surface area (Å²) in [5, 5.41) is 2.84. The number of methoxy groups -OCH3 is 1. The summed E-state index contributed by atoms with van der Waals surface area (Å²) < 4.78 is 28.8. The van der Waals surface area contributed by atoms with Crippen LogP contribution in [0, 0.1) is 5.82 Å². The molecule has 5 nitrogen and oxygen atoms in total. The first-order valence-corrected chi connectivity index (χ1v) is 6.88. The molecule has 1 aliphatic rings. The number of carbonyl (C=O) groups is 1. The second-order valence-electron chi connectivity index (χ2n) is 4.76. The number of nitrogens with one attached hydrogen (secondary N) is 1. The maximum absolute atomic E-state index is 13.5. The van der Waals surface area contributed by atoms with Gasteiger partial charge < -0.3 is 19.5 Å². The van der Waals surface area contributed by atoms with E-state index in [1.165, 1.54) is 31.5 Å². The van der Waals surface area contributed by atoms with Gasteiger partial charge in [0.15, 0.2) is 28.8 Å². The number of benzene rings is 2. The molecule has 1 heterocycles. The summed E-state index contributed by atoms with van der Waals surface area (Å²) in [7, 11) is 1.40. The number of halogens is 1. The van der Waals surface area contributed by atoms with Gasteiger partial charge in [-0.25, -0.2) is 4.39 Å². The Morgan fingerprint density at radius 2 is 2.04 bits per heavy atom. The van der Waals surface area contributed by atoms with E-state index in [2.05, 4.69) is 5.32 Å². The number of anilines is 1. The van der Waals surface area contributed by atoms with Crippen molar-refractivity contribution in [3.63, 3.8) is 0 Å². The van der Waals surface area contributed by atoms with E-state index in [4.69, 9.17) is 14.2 Å². The van der Waals surface area contributed by atoms with Gasteiger partial charge >= 0.3 is 0 Å². The van der Waals surface area contributed by atoms with Crippen molar-refractivity contribution in [3.8, 4) is 17.2 Å². The summed E-state index contributed by atoms with van der Waals surface area (Å²) in [5.41, 5.74) is 0.992. The van der Waals surface area contributed by atoms with Crippen molar-refractivity contribution >= 4 is 11.5 Å². The molecule has 0 atom stereocenters. The van der Waals surface area contributed by atoms with Crippen molar-refractivity contribution in [3.05, 3.63) is 60.1 Å². The fraction of sp³-hybridized carbons (Fsp3) is 0.118. The van der Waals surface area contributed by atoms with Gasteiger partial charge in [0.25, 0.3) is 0 Å². The van der Waals surface area contributed by atoms with E-state index in [0.717, 1.165) is 0 Å². The summed E-state index contributed by atoms with van der Waals surface area (Å²) in [6.45, 7) is 0.160. The van der Waals surface area contributed by atoms with Crippen molar-refractivity contribution in [1.29, 1.82) is 0 Å². The summed E-state index contributed by atoms with van der Waals surface area (Å²) in [4.78, 5) is 12.1. The molecule has 3 rings (SSSR count). The highest BCUT2D eigenvalue weighted by Gasteiger charge is 2.15. The van der Waals surface area contributed by atoms with Crippen LogP contribution in [0.1, 0.15) is 10.4 Å². The van der Waals surface area contributed by atoms with Gasteiger partial charge in [-0.05, 0) is 30.3 Å². The van der Waals surface area contributed by atoms with Crippen LogP contribution < -0.4 is 19.5 Å². The summed E-state index contributed by atoms with van der Waals surface area (Å²) in [6, 6.07) is 9.42. The minimum Gasteiger partial charge on any atom is -0.494 e. The Morgan fingerprint density at radius 1 is 1.22 bits per heavy atom. The van der Waals surface area contributed by atoms with Crippen molar-refractivity contribution in [2.24, 2.45) is 0 Å². The topological polar surface area (TPSA) is 56.8 Å². The van der Waals surface area contributed by atoms with Crippen LogP contribution in [-0.4, -0.2) is 19.7 Å². The molecule has 2 aromatic carbocycles. The lowest BCUT2D eigenvalue weighted by atomic mass is 10.1. The molecule has 0 spiro atoms. The average molecular weight is 315 g/mol. The summed E-state index contributed by atoms with van der Waals surface area (Å²) >= 11 is 0. The molecular weight excluding hydrogens is 301 g/mol. The van der Waals surface area contributed by atoms with Crippen LogP contribution in [0.25, 0.3) is 0 Å². The van der Waals surface area contributed by atoms with Gasteiger partial charge in [-0.1, -0.05) is 0 Å². The van der Waals surface area contributed by atoms with E-state index in [1.54, 1.807) is 24.3 Å². The molecule has 0 radical (unpaired) electrons. The fourth-order valence-corrected chi connectivity index (χ4v) is 2.12. The average Bonchev–Trinajstić information content (AvgIpc) is 3.02. The number of allylic oxidation sites excluding steroid dienone is 1. The lowest BCUT2D eigenvalue weighted by Gasteiger charge is -2.04. The Balaban J connectivity index is 1.66. The first kappa shape index (κ1) is 14.9. The number of hydrogen-bond donors (Lipinski definition) is 1. The SMILES string of the molecule is COc1ccc(N/C=C/C(=O)c2ccc3c(c2)OCO3)cc1F. The van der Waals surface area contributed by atoms with Crippen molar-refractivity contribution in [2.45, 2.75) is 0 Å². The van der Waals surface area contributed by atoms with Crippen LogP contribution in [-0.2, 0) is 0 Å². The minimum atomic E-state index is -0.479. The van der Waals surface area contributed by atoms with Gasteiger partial charge in [0.1, 0.15) is 0 Å². The smallest absolute Gasteiger partial charge is 0.231 e. The van der Waals surface area contributed by atoms with E-state index < -0.39 is 5.82 Å². The molecule has 2 aromatic rings. The first-order chi connectivity index (χ1) is 11.2. The third-order valence-corrected chi connectivity index (χ3v) is 3.29. The second kappa shape index (κ2) is 6.39. The van der Waals surface area contributed by atoms with Crippen molar-refractivity contribution < 1.29 is 23.4 Å². The van der Waals surface area contributed by atoms with Crippen LogP contribution in [0.5, 0.6) is 17.2 Å². The highest BCUT2D eigenvalue weighted by Crippen LogP contribution is 2.32. The van der Waals surface area contributed by atoms with E-state index in [0.29, 0.717) is 22.7 Å². The van der Waals surface area contributed by atoms with Crippen LogP contribution in [0.15, 0.2) is 48.7 Å². The molecule has 1 aliphatic heterocycles. The van der Waals surface area contributed by atoms with Crippen molar-refractivity contribution in [1.82, 2.24) is 0 Å². The van der Waals surface area contributed by atoms with Gasteiger partial charge in [-0.15, -0.1) is 0 Å². The predicted octanol–water partition coefficient (Wildman–Crippen LogP) is 3.37. The quantitative estimate of drug-likeness (QED) is 0.677. The van der Waals surface area contributed by atoms with Crippen LogP contribution >= 0.6 is 0 Å². The van der Waals surface area contributed by atoms with E-state index >= 15 is 0 Å². The van der Waals surface area contributed by atoms with Crippen LogP contribution in [0.3, 0.4) is 0 Å². The minimum absolute atomic E-state index is 0.160. The van der Waals surface area contributed by atoms with E-state index in [1.807, 2.05) is 0 Å². The normalized spacial score (nSPS) is 12.4. The van der Waals surface area contributed by atoms with Gasteiger partial charge in [0.05, 0.1) is 7.11 Å². The molecule has 0 aliphatic carbocycles. The van der Waals surface area contributed by atoms with Gasteiger partial charge in [-0.2, -0.15) is 0 Å². The molecule has 0 unspecified atom stereocenters. The Morgan fingerprint density at radius 3 is 2.83 bits per heavy atom. The largest absolute Gasteiger partial charge is 0.494 e. The molecule has 6 heteroatoms. The second-order valence-corrected chi connectivity index (χ2v) is 4.76. The molecule has 1 N–H and O–H groups in total. The molecule has 0 saturated carbocycles. The van der Waals surface area contributed by atoms with Crippen LogP contribution in [0.4, 0.5) is 10.1 Å². The molecule has 0 bridgehead atoms. The van der Waals surface area contributed by atoms with Crippen LogP contribution in [0.2, 0.25) is 0 Å².